The van der Waals surface area contributed by atoms with E-state index in [1.54, 1.807) is 0 Å². The first-order valence-corrected chi connectivity index (χ1v) is 8.47. The van der Waals surface area contributed by atoms with Crippen molar-refractivity contribution in [3.05, 3.63) is 71.3 Å². The number of nitrogens with one attached hydrogen (secondary N) is 1. The molecular weight excluding hydrogens is 280 g/mol. The maximum atomic E-state index is 6.17. The highest BCUT2D eigenvalue weighted by Gasteiger charge is 2.02. The van der Waals surface area contributed by atoms with E-state index in [9.17, 15) is 0 Å². The molecule has 0 aromatic rings. The zero-order valence-electron chi connectivity index (χ0n) is 15.7. The molecule has 2 heteroatoms. The third-order valence-electron chi connectivity index (χ3n) is 4.02. The van der Waals surface area contributed by atoms with Crippen LogP contribution in [0.4, 0.5) is 0 Å². The van der Waals surface area contributed by atoms with Crippen molar-refractivity contribution in [1.29, 1.82) is 0 Å². The van der Waals surface area contributed by atoms with Crippen LogP contribution in [0, 0.1) is 5.92 Å². The highest BCUT2D eigenvalue weighted by molar-refractivity contribution is 5.37. The molecule has 0 radical (unpaired) electrons. The van der Waals surface area contributed by atoms with Crippen LogP contribution in [0.25, 0.3) is 0 Å². The van der Waals surface area contributed by atoms with Gasteiger partial charge in [-0.3, -0.25) is 0 Å². The van der Waals surface area contributed by atoms with Crippen LogP contribution in [-0.4, -0.2) is 0 Å². The van der Waals surface area contributed by atoms with E-state index < -0.39 is 0 Å². The van der Waals surface area contributed by atoms with Gasteiger partial charge in [0.2, 0.25) is 0 Å². The van der Waals surface area contributed by atoms with Gasteiger partial charge >= 0.3 is 0 Å². The summed E-state index contributed by atoms with van der Waals surface area (Å²) < 4.78 is 0. The van der Waals surface area contributed by atoms with Crippen molar-refractivity contribution in [2.75, 3.05) is 0 Å². The average molecular weight is 315 g/mol. The van der Waals surface area contributed by atoms with Crippen LogP contribution in [-0.2, 0) is 0 Å². The van der Waals surface area contributed by atoms with Crippen molar-refractivity contribution in [3.8, 4) is 0 Å². The molecule has 0 aromatic carbocycles. The Kier molecular flexibility index (Phi) is 10.6. The summed E-state index contributed by atoms with van der Waals surface area (Å²) in [5, 5.41) is 3.39. The summed E-state index contributed by atoms with van der Waals surface area (Å²) in [5.74, 6) is 0.586. The maximum absolute atomic E-state index is 6.17. The van der Waals surface area contributed by atoms with Gasteiger partial charge in [-0.1, -0.05) is 50.6 Å². The van der Waals surface area contributed by atoms with Gasteiger partial charge in [0.25, 0.3) is 0 Å². The van der Waals surface area contributed by atoms with E-state index in [-0.39, 0.29) is 0 Å². The van der Waals surface area contributed by atoms with Crippen molar-refractivity contribution in [1.82, 2.24) is 5.32 Å². The molecule has 2 nitrogen and oxygen atoms in total. The first-order chi connectivity index (χ1) is 10.9. The van der Waals surface area contributed by atoms with Crippen LogP contribution < -0.4 is 11.1 Å². The quantitative estimate of drug-likeness (QED) is 0.532. The Morgan fingerprint density at radius 1 is 1.22 bits per heavy atom. The van der Waals surface area contributed by atoms with Crippen LogP contribution >= 0.6 is 0 Å². The monoisotopic (exact) mass is 314 g/mol. The Labute approximate surface area is 143 Å². The van der Waals surface area contributed by atoms with E-state index in [0.717, 1.165) is 29.9 Å². The molecule has 0 heterocycles. The number of nitrogens with two attached hydrogens (primary N) is 1. The fraction of sp³-hybridized carbons (Fsp3) is 0.429. The molecule has 0 aliphatic heterocycles. The van der Waals surface area contributed by atoms with Crippen LogP contribution in [0.15, 0.2) is 71.3 Å². The highest BCUT2D eigenvalue weighted by atomic mass is 14.9. The fourth-order valence-corrected chi connectivity index (χ4v) is 1.83. The van der Waals surface area contributed by atoms with Crippen LogP contribution in [0.3, 0.4) is 0 Å². The molecule has 0 aliphatic rings. The molecule has 0 rings (SSSR count). The predicted octanol–water partition coefficient (Wildman–Crippen LogP) is 5.74. The molecule has 0 aliphatic carbocycles. The lowest BCUT2D eigenvalue weighted by Crippen LogP contribution is -2.15. The standard InChI is InChI=1S/C21H34N2/c1-8-12-20(22)21(15-16(5)9-2)23-19(11-4)14-13-18(7)17(6)10-3/h8,11-15,17,23H,4,9-10,22H2,1-3,5-7H3/b12-8-,16-15+,18-13-,19-14+,21-20-. The second kappa shape index (κ2) is 11.6. The molecule has 0 fully saturated rings. The van der Waals surface area contributed by atoms with Gasteiger partial charge in [-0.2, -0.15) is 0 Å². The average Bonchev–Trinajstić information content (AvgIpc) is 2.56. The molecular formula is C21H34N2. The summed E-state index contributed by atoms with van der Waals surface area (Å²) in [7, 11) is 0. The number of rotatable bonds is 9. The molecule has 0 bridgehead atoms. The Balaban J connectivity index is 5.54. The Hall–Kier alpha value is -1.96. The lowest BCUT2D eigenvalue weighted by Gasteiger charge is -2.12. The van der Waals surface area contributed by atoms with Gasteiger partial charge in [0, 0.05) is 5.70 Å². The molecule has 0 spiro atoms. The lowest BCUT2D eigenvalue weighted by atomic mass is 10.00. The van der Waals surface area contributed by atoms with Gasteiger partial charge in [-0.05, 0) is 63.8 Å². The van der Waals surface area contributed by atoms with Gasteiger partial charge < -0.3 is 11.1 Å². The van der Waals surface area contributed by atoms with E-state index in [2.05, 4.69) is 64.7 Å². The summed E-state index contributed by atoms with van der Waals surface area (Å²) in [6, 6.07) is 0. The number of hydrogen-bond acceptors (Lipinski definition) is 2. The fourth-order valence-electron chi connectivity index (χ4n) is 1.83. The van der Waals surface area contributed by atoms with Crippen molar-refractivity contribution in [3.63, 3.8) is 0 Å². The zero-order valence-corrected chi connectivity index (χ0v) is 15.7. The summed E-state index contributed by atoms with van der Waals surface area (Å²) >= 11 is 0. The summed E-state index contributed by atoms with van der Waals surface area (Å²) in [4.78, 5) is 0. The van der Waals surface area contributed by atoms with Gasteiger partial charge in [0.15, 0.2) is 0 Å². The highest BCUT2D eigenvalue weighted by Crippen LogP contribution is 2.14. The molecule has 128 valence electrons. The Morgan fingerprint density at radius 2 is 1.87 bits per heavy atom. The second-order valence-corrected chi connectivity index (χ2v) is 5.88. The largest absolute Gasteiger partial charge is 0.397 e. The predicted molar refractivity (Wildman–Crippen MR) is 105 cm³/mol. The summed E-state index contributed by atoms with van der Waals surface area (Å²) in [5.41, 5.74) is 11.4. The van der Waals surface area contributed by atoms with E-state index in [1.165, 1.54) is 11.1 Å². The van der Waals surface area contributed by atoms with Crippen molar-refractivity contribution in [2.45, 2.75) is 54.4 Å². The van der Waals surface area contributed by atoms with Crippen molar-refractivity contribution < 1.29 is 0 Å². The van der Waals surface area contributed by atoms with Gasteiger partial charge in [0.05, 0.1) is 11.4 Å². The minimum Gasteiger partial charge on any atom is -0.397 e. The third-order valence-corrected chi connectivity index (χ3v) is 4.02. The van der Waals surface area contributed by atoms with E-state index >= 15 is 0 Å². The van der Waals surface area contributed by atoms with E-state index in [4.69, 9.17) is 5.73 Å². The Bertz CT molecular complexity index is 528. The SMILES string of the molecule is C=C/C(=C\C=C(\C)C(C)CC)NC(/C=C(\C)CC)=C(N)/C=C\C. The third kappa shape index (κ3) is 8.29. The first-order valence-electron chi connectivity index (χ1n) is 8.47. The molecule has 1 atom stereocenters. The number of hydrogen-bond donors (Lipinski definition) is 2. The van der Waals surface area contributed by atoms with Crippen LogP contribution in [0.5, 0.6) is 0 Å². The van der Waals surface area contributed by atoms with Gasteiger partial charge in [-0.25, -0.2) is 0 Å². The zero-order chi connectivity index (χ0) is 17.8. The summed E-state index contributed by atoms with van der Waals surface area (Å²) in [6.45, 7) is 16.7. The molecule has 3 N–H and O–H groups in total. The molecule has 0 saturated carbocycles. The summed E-state index contributed by atoms with van der Waals surface area (Å²) in [6.07, 6.45) is 14.1. The normalized spacial score (nSPS) is 16.3. The smallest absolute Gasteiger partial charge is 0.0617 e. The first kappa shape index (κ1) is 21.0. The molecule has 0 aromatic heterocycles. The van der Waals surface area contributed by atoms with Gasteiger partial charge in [-0.15, -0.1) is 0 Å². The van der Waals surface area contributed by atoms with Crippen molar-refractivity contribution in [2.24, 2.45) is 11.7 Å². The molecule has 23 heavy (non-hydrogen) atoms. The molecule has 1 unspecified atom stereocenters. The van der Waals surface area contributed by atoms with Crippen molar-refractivity contribution >= 4 is 0 Å². The van der Waals surface area contributed by atoms with E-state index in [0.29, 0.717) is 5.92 Å². The Morgan fingerprint density at radius 3 is 2.35 bits per heavy atom. The molecule has 0 amide bonds. The lowest BCUT2D eigenvalue weighted by molar-refractivity contribution is 0.655. The minimum absolute atomic E-state index is 0.586. The molecule has 0 saturated heterocycles. The van der Waals surface area contributed by atoms with Crippen LogP contribution in [0.2, 0.25) is 0 Å². The van der Waals surface area contributed by atoms with Crippen LogP contribution in [0.1, 0.15) is 54.4 Å². The topological polar surface area (TPSA) is 38.0 Å². The minimum atomic E-state index is 0.586. The maximum Gasteiger partial charge on any atom is 0.0617 e. The second-order valence-electron chi connectivity index (χ2n) is 5.88. The number of allylic oxidation sites excluding steroid dienone is 8. The van der Waals surface area contributed by atoms with E-state index in [1.807, 2.05) is 25.2 Å². The van der Waals surface area contributed by atoms with Gasteiger partial charge in [0.1, 0.15) is 0 Å².